The Labute approximate surface area is 134 Å². The summed E-state index contributed by atoms with van der Waals surface area (Å²) in [4.78, 5) is 36.2. The number of carbonyl (C=O) groups excluding carboxylic acids is 3. The number of carbonyl (C=O) groups is 3. The van der Waals surface area contributed by atoms with Crippen LogP contribution < -0.4 is 10.6 Å². The Hall–Kier alpha value is -1.54. The van der Waals surface area contributed by atoms with E-state index in [4.69, 9.17) is 0 Å². The number of nitrogens with one attached hydrogen (secondary N) is 2. The SMILES string of the molecule is CC(=O)Nc1ccc(Br)cc1NC(=O)CN1CSCC1=O. The van der Waals surface area contributed by atoms with Crippen LogP contribution in [0.4, 0.5) is 11.4 Å². The van der Waals surface area contributed by atoms with Crippen molar-refractivity contribution in [3.05, 3.63) is 22.7 Å². The zero-order valence-corrected chi connectivity index (χ0v) is 13.7. The standard InChI is InChI=1S/C13H14BrN3O3S/c1-8(18)15-10-3-2-9(14)4-11(10)16-12(19)5-17-7-21-6-13(17)20/h2-4H,5-7H2,1H3,(H,15,18)(H,16,19). The van der Waals surface area contributed by atoms with Gasteiger partial charge in [-0.2, -0.15) is 0 Å². The van der Waals surface area contributed by atoms with E-state index in [9.17, 15) is 14.4 Å². The van der Waals surface area contributed by atoms with Crippen LogP contribution in [0, 0.1) is 0 Å². The van der Waals surface area contributed by atoms with Crippen LogP contribution in [0.25, 0.3) is 0 Å². The first kappa shape index (κ1) is 15.8. The van der Waals surface area contributed by atoms with Gasteiger partial charge in [0.2, 0.25) is 17.7 Å². The highest BCUT2D eigenvalue weighted by molar-refractivity contribution is 9.10. The first-order valence-electron chi connectivity index (χ1n) is 6.18. The summed E-state index contributed by atoms with van der Waals surface area (Å²) in [5.74, 6) is 0.394. The third kappa shape index (κ3) is 4.47. The van der Waals surface area contributed by atoms with E-state index in [1.165, 1.54) is 23.6 Å². The predicted molar refractivity (Wildman–Crippen MR) is 86.1 cm³/mol. The molecule has 6 nitrogen and oxygen atoms in total. The molecule has 0 aromatic heterocycles. The molecule has 3 amide bonds. The van der Waals surface area contributed by atoms with Crippen molar-refractivity contribution in [1.29, 1.82) is 0 Å². The predicted octanol–water partition coefficient (Wildman–Crippen LogP) is 1.88. The number of rotatable bonds is 4. The fourth-order valence-corrected chi connectivity index (χ4v) is 3.09. The lowest BCUT2D eigenvalue weighted by molar-refractivity contribution is -0.130. The summed E-state index contributed by atoms with van der Waals surface area (Å²) in [5, 5.41) is 5.37. The van der Waals surface area contributed by atoms with Crippen molar-refractivity contribution in [2.75, 3.05) is 28.8 Å². The molecule has 2 rings (SSSR count). The van der Waals surface area contributed by atoms with Gasteiger partial charge in [-0.1, -0.05) is 15.9 Å². The average molecular weight is 372 g/mol. The first-order chi connectivity index (χ1) is 9.95. The summed E-state index contributed by atoms with van der Waals surface area (Å²) >= 11 is 4.80. The van der Waals surface area contributed by atoms with E-state index in [-0.39, 0.29) is 24.3 Å². The van der Waals surface area contributed by atoms with Gasteiger partial charge in [0.05, 0.1) is 23.0 Å². The van der Waals surface area contributed by atoms with Gasteiger partial charge in [0.25, 0.3) is 0 Å². The van der Waals surface area contributed by atoms with Crippen molar-refractivity contribution in [3.8, 4) is 0 Å². The fraction of sp³-hybridized carbons (Fsp3) is 0.308. The van der Waals surface area contributed by atoms with Crippen LogP contribution in [-0.4, -0.2) is 40.8 Å². The van der Waals surface area contributed by atoms with Crippen molar-refractivity contribution < 1.29 is 14.4 Å². The topological polar surface area (TPSA) is 78.5 Å². The molecule has 2 N–H and O–H groups in total. The molecule has 0 saturated carbocycles. The molecule has 21 heavy (non-hydrogen) atoms. The van der Waals surface area contributed by atoms with Crippen LogP contribution in [0.1, 0.15) is 6.92 Å². The molecule has 0 radical (unpaired) electrons. The zero-order chi connectivity index (χ0) is 15.4. The number of anilines is 2. The maximum atomic E-state index is 12.0. The number of amides is 3. The summed E-state index contributed by atoms with van der Waals surface area (Å²) < 4.78 is 0.778. The average Bonchev–Trinajstić information content (AvgIpc) is 2.78. The third-order valence-corrected chi connectivity index (χ3v) is 4.16. The molecule has 0 spiro atoms. The number of halogens is 1. The van der Waals surface area contributed by atoms with Crippen LogP contribution in [0.15, 0.2) is 22.7 Å². The van der Waals surface area contributed by atoms with Gasteiger partial charge in [0.1, 0.15) is 6.54 Å². The molecule has 0 bridgehead atoms. The van der Waals surface area contributed by atoms with E-state index in [2.05, 4.69) is 26.6 Å². The summed E-state index contributed by atoms with van der Waals surface area (Å²) in [6, 6.07) is 5.16. The van der Waals surface area contributed by atoms with E-state index >= 15 is 0 Å². The van der Waals surface area contributed by atoms with Crippen molar-refractivity contribution in [2.45, 2.75) is 6.92 Å². The molecule has 0 atom stereocenters. The lowest BCUT2D eigenvalue weighted by atomic mass is 10.2. The van der Waals surface area contributed by atoms with Crippen LogP contribution in [0.3, 0.4) is 0 Å². The van der Waals surface area contributed by atoms with Gasteiger partial charge in [-0.05, 0) is 18.2 Å². The maximum absolute atomic E-state index is 12.0. The Kier molecular flexibility index (Phi) is 5.24. The summed E-state index contributed by atoms with van der Waals surface area (Å²) in [5.41, 5.74) is 1.00. The Morgan fingerprint density at radius 1 is 1.33 bits per heavy atom. The van der Waals surface area contributed by atoms with Crippen LogP contribution in [-0.2, 0) is 14.4 Å². The van der Waals surface area contributed by atoms with Crippen molar-refractivity contribution in [3.63, 3.8) is 0 Å². The molecular weight excluding hydrogens is 358 g/mol. The number of hydrogen-bond donors (Lipinski definition) is 2. The van der Waals surface area contributed by atoms with Crippen LogP contribution in [0.2, 0.25) is 0 Å². The summed E-state index contributed by atoms with van der Waals surface area (Å²) in [7, 11) is 0. The quantitative estimate of drug-likeness (QED) is 0.846. The lowest BCUT2D eigenvalue weighted by Gasteiger charge is -2.16. The van der Waals surface area contributed by atoms with Crippen molar-refractivity contribution >= 4 is 56.8 Å². The minimum absolute atomic E-state index is 0.0118. The summed E-state index contributed by atoms with van der Waals surface area (Å²) in [6.45, 7) is 1.41. The maximum Gasteiger partial charge on any atom is 0.244 e. The van der Waals surface area contributed by atoms with Gasteiger partial charge in [-0.3, -0.25) is 14.4 Å². The van der Waals surface area contributed by atoms with Gasteiger partial charge >= 0.3 is 0 Å². The van der Waals surface area contributed by atoms with Crippen LogP contribution >= 0.6 is 27.7 Å². The Morgan fingerprint density at radius 3 is 2.71 bits per heavy atom. The second-order valence-corrected chi connectivity index (χ2v) is 6.36. The molecule has 1 aromatic rings. The minimum Gasteiger partial charge on any atom is -0.325 e. The normalized spacial score (nSPS) is 14.2. The molecule has 1 heterocycles. The molecule has 1 aliphatic rings. The second kappa shape index (κ2) is 6.95. The monoisotopic (exact) mass is 371 g/mol. The third-order valence-electron chi connectivity index (χ3n) is 2.73. The fourth-order valence-electron chi connectivity index (χ4n) is 1.82. The molecule has 1 aliphatic heterocycles. The van der Waals surface area contributed by atoms with E-state index in [1.807, 2.05) is 0 Å². The molecular formula is C13H14BrN3O3S. The highest BCUT2D eigenvalue weighted by Crippen LogP contribution is 2.26. The molecule has 1 aromatic carbocycles. The lowest BCUT2D eigenvalue weighted by Crippen LogP contribution is -2.34. The largest absolute Gasteiger partial charge is 0.325 e. The minimum atomic E-state index is -0.296. The number of benzene rings is 1. The van der Waals surface area contributed by atoms with Gasteiger partial charge in [-0.15, -0.1) is 11.8 Å². The number of thioether (sulfide) groups is 1. The molecule has 1 fully saturated rings. The number of hydrogen-bond acceptors (Lipinski definition) is 4. The van der Waals surface area contributed by atoms with E-state index in [1.54, 1.807) is 18.2 Å². The van der Waals surface area contributed by atoms with Gasteiger partial charge in [-0.25, -0.2) is 0 Å². The molecule has 0 aliphatic carbocycles. The molecule has 8 heteroatoms. The first-order valence-corrected chi connectivity index (χ1v) is 8.13. The second-order valence-electron chi connectivity index (χ2n) is 4.49. The molecule has 112 valence electrons. The smallest absolute Gasteiger partial charge is 0.244 e. The Balaban J connectivity index is 2.07. The van der Waals surface area contributed by atoms with Gasteiger partial charge in [0, 0.05) is 11.4 Å². The Morgan fingerprint density at radius 2 is 2.10 bits per heavy atom. The Bertz CT molecular complexity index is 594. The van der Waals surface area contributed by atoms with E-state index in [0.717, 1.165) is 4.47 Å². The number of nitrogens with zero attached hydrogens (tertiary/aromatic N) is 1. The zero-order valence-electron chi connectivity index (χ0n) is 11.3. The molecule has 1 saturated heterocycles. The van der Waals surface area contributed by atoms with E-state index in [0.29, 0.717) is 23.0 Å². The molecule has 0 unspecified atom stereocenters. The van der Waals surface area contributed by atoms with Gasteiger partial charge in [0.15, 0.2) is 0 Å². The highest BCUT2D eigenvalue weighted by atomic mass is 79.9. The van der Waals surface area contributed by atoms with E-state index < -0.39 is 0 Å². The van der Waals surface area contributed by atoms with Crippen LogP contribution in [0.5, 0.6) is 0 Å². The van der Waals surface area contributed by atoms with Gasteiger partial charge < -0.3 is 15.5 Å². The summed E-state index contributed by atoms with van der Waals surface area (Å²) in [6.07, 6.45) is 0. The van der Waals surface area contributed by atoms with Crippen molar-refractivity contribution in [1.82, 2.24) is 4.90 Å². The van der Waals surface area contributed by atoms with Crippen molar-refractivity contribution in [2.24, 2.45) is 0 Å². The highest BCUT2D eigenvalue weighted by Gasteiger charge is 2.23.